The van der Waals surface area contributed by atoms with Crippen molar-refractivity contribution in [2.75, 3.05) is 19.6 Å². The molecule has 0 aromatic heterocycles. The van der Waals surface area contributed by atoms with Crippen molar-refractivity contribution in [2.24, 2.45) is 5.73 Å². The van der Waals surface area contributed by atoms with Gasteiger partial charge in [-0.25, -0.2) is 0 Å². The Labute approximate surface area is 79.4 Å². The molecule has 5 N–H and O–H groups in total. The average molecular weight is 188 g/mol. The van der Waals surface area contributed by atoms with Gasteiger partial charge in [0.1, 0.15) is 0 Å². The van der Waals surface area contributed by atoms with Crippen molar-refractivity contribution in [3.8, 4) is 0 Å². The first-order chi connectivity index (χ1) is 6.13. The maximum Gasteiger partial charge on any atom is 0.268 e. The maximum absolute atomic E-state index is 11.2. The molecular weight excluding hydrogens is 168 g/mol. The number of nitrogens with two attached hydrogens (primary N) is 1. The molecule has 0 aliphatic carbocycles. The summed E-state index contributed by atoms with van der Waals surface area (Å²) in [5, 5.41) is 9.00. The largest absolute Gasteiger partial charge is 0.366 e. The summed E-state index contributed by atoms with van der Waals surface area (Å²) >= 11 is 0. The highest BCUT2D eigenvalue weighted by Crippen LogP contribution is 1.93. The van der Waals surface area contributed by atoms with Crippen molar-refractivity contribution in [3.63, 3.8) is 0 Å². The Kier molecular flexibility index (Phi) is 5.61. The second-order valence-electron chi connectivity index (χ2n) is 2.71. The SMILES string of the molecule is CCNC(NCC)(NCC)C(N)=O. The predicted octanol–water partition coefficient (Wildman–Crippen LogP) is -1.05. The van der Waals surface area contributed by atoms with Gasteiger partial charge in [-0.05, 0) is 19.6 Å². The number of carbonyl (C=O) groups excluding carboxylic acids is 1. The number of primary amides is 1. The van der Waals surface area contributed by atoms with Gasteiger partial charge in [0.25, 0.3) is 5.91 Å². The van der Waals surface area contributed by atoms with E-state index in [1.807, 2.05) is 20.8 Å². The summed E-state index contributed by atoms with van der Waals surface area (Å²) in [6, 6.07) is 0. The fraction of sp³-hybridized carbons (Fsp3) is 0.875. The van der Waals surface area contributed by atoms with Crippen LogP contribution in [0.5, 0.6) is 0 Å². The minimum absolute atomic E-state index is 0.432. The second kappa shape index (κ2) is 5.90. The van der Waals surface area contributed by atoms with Crippen molar-refractivity contribution in [1.29, 1.82) is 0 Å². The van der Waals surface area contributed by atoms with E-state index in [1.54, 1.807) is 0 Å². The second-order valence-corrected chi connectivity index (χ2v) is 2.71. The van der Waals surface area contributed by atoms with Gasteiger partial charge in [0.05, 0.1) is 0 Å². The minimum atomic E-state index is -0.960. The number of nitrogens with one attached hydrogen (secondary N) is 3. The average Bonchev–Trinajstić information content (AvgIpc) is 2.05. The molecule has 0 saturated carbocycles. The smallest absolute Gasteiger partial charge is 0.268 e. The van der Waals surface area contributed by atoms with E-state index in [2.05, 4.69) is 16.0 Å². The van der Waals surface area contributed by atoms with Crippen LogP contribution < -0.4 is 21.7 Å². The third-order valence-corrected chi connectivity index (χ3v) is 1.70. The van der Waals surface area contributed by atoms with Crippen molar-refractivity contribution in [2.45, 2.75) is 26.6 Å². The molecular formula is C8H20N4O. The van der Waals surface area contributed by atoms with Crippen LogP contribution in [-0.4, -0.2) is 31.3 Å². The van der Waals surface area contributed by atoms with Crippen LogP contribution in [0.4, 0.5) is 0 Å². The molecule has 0 rings (SSSR count). The lowest BCUT2D eigenvalue weighted by molar-refractivity contribution is -0.127. The molecule has 0 atom stereocenters. The van der Waals surface area contributed by atoms with Crippen LogP contribution in [0.25, 0.3) is 0 Å². The van der Waals surface area contributed by atoms with Gasteiger partial charge in [0.2, 0.25) is 5.79 Å². The van der Waals surface area contributed by atoms with Crippen LogP contribution in [0, 0.1) is 0 Å². The Morgan fingerprint density at radius 1 is 1.08 bits per heavy atom. The maximum atomic E-state index is 11.2. The fourth-order valence-electron chi connectivity index (χ4n) is 1.24. The molecule has 13 heavy (non-hydrogen) atoms. The molecule has 1 amide bonds. The summed E-state index contributed by atoms with van der Waals surface area (Å²) in [5.41, 5.74) is 5.30. The molecule has 0 spiro atoms. The summed E-state index contributed by atoms with van der Waals surface area (Å²) in [4.78, 5) is 11.2. The highest BCUT2D eigenvalue weighted by atomic mass is 16.2. The van der Waals surface area contributed by atoms with Gasteiger partial charge in [-0.3, -0.25) is 20.7 Å². The van der Waals surface area contributed by atoms with Crippen LogP contribution in [0.2, 0.25) is 0 Å². The molecule has 78 valence electrons. The minimum Gasteiger partial charge on any atom is -0.366 e. The molecule has 0 aliphatic heterocycles. The highest BCUT2D eigenvalue weighted by Gasteiger charge is 2.33. The molecule has 0 saturated heterocycles. The van der Waals surface area contributed by atoms with Crippen LogP contribution in [0.1, 0.15) is 20.8 Å². The van der Waals surface area contributed by atoms with Crippen molar-refractivity contribution in [3.05, 3.63) is 0 Å². The number of rotatable bonds is 7. The Balaban J connectivity index is 4.48. The van der Waals surface area contributed by atoms with Gasteiger partial charge >= 0.3 is 0 Å². The van der Waals surface area contributed by atoms with E-state index in [-0.39, 0.29) is 0 Å². The van der Waals surface area contributed by atoms with Gasteiger partial charge < -0.3 is 5.73 Å². The van der Waals surface area contributed by atoms with E-state index < -0.39 is 11.7 Å². The third kappa shape index (κ3) is 3.30. The number of amides is 1. The summed E-state index contributed by atoms with van der Waals surface area (Å²) < 4.78 is 0. The fourth-order valence-corrected chi connectivity index (χ4v) is 1.24. The molecule has 0 heterocycles. The zero-order valence-corrected chi connectivity index (χ0v) is 8.61. The summed E-state index contributed by atoms with van der Waals surface area (Å²) in [7, 11) is 0. The van der Waals surface area contributed by atoms with Crippen molar-refractivity contribution >= 4 is 5.91 Å². The monoisotopic (exact) mass is 188 g/mol. The van der Waals surface area contributed by atoms with E-state index in [9.17, 15) is 4.79 Å². The van der Waals surface area contributed by atoms with Crippen LogP contribution in [-0.2, 0) is 4.79 Å². The lowest BCUT2D eigenvalue weighted by Crippen LogP contribution is -2.73. The van der Waals surface area contributed by atoms with Crippen LogP contribution in [0.3, 0.4) is 0 Å². The predicted molar refractivity (Wildman–Crippen MR) is 53.0 cm³/mol. The van der Waals surface area contributed by atoms with Gasteiger partial charge in [-0.2, -0.15) is 0 Å². The number of hydrogen-bond acceptors (Lipinski definition) is 4. The zero-order chi connectivity index (χ0) is 10.3. The Morgan fingerprint density at radius 2 is 1.38 bits per heavy atom. The first-order valence-electron chi connectivity index (χ1n) is 4.67. The molecule has 0 bridgehead atoms. The summed E-state index contributed by atoms with van der Waals surface area (Å²) in [5.74, 6) is -1.39. The summed E-state index contributed by atoms with van der Waals surface area (Å²) in [6.45, 7) is 7.78. The molecule has 5 nitrogen and oxygen atoms in total. The van der Waals surface area contributed by atoms with E-state index >= 15 is 0 Å². The normalized spacial score (nSPS) is 11.6. The molecule has 0 fully saturated rings. The third-order valence-electron chi connectivity index (χ3n) is 1.70. The lowest BCUT2D eigenvalue weighted by atomic mass is 10.3. The molecule has 5 heteroatoms. The first-order valence-corrected chi connectivity index (χ1v) is 4.67. The Morgan fingerprint density at radius 3 is 1.54 bits per heavy atom. The van der Waals surface area contributed by atoms with Crippen molar-refractivity contribution in [1.82, 2.24) is 16.0 Å². The quantitative estimate of drug-likeness (QED) is 0.385. The molecule has 0 radical (unpaired) electrons. The van der Waals surface area contributed by atoms with Gasteiger partial charge in [0, 0.05) is 0 Å². The lowest BCUT2D eigenvalue weighted by Gasteiger charge is -2.32. The van der Waals surface area contributed by atoms with Gasteiger partial charge in [0.15, 0.2) is 0 Å². The number of hydrogen-bond donors (Lipinski definition) is 4. The molecule has 0 aliphatic rings. The first kappa shape index (κ1) is 12.3. The van der Waals surface area contributed by atoms with Crippen molar-refractivity contribution < 1.29 is 4.79 Å². The number of carbonyl (C=O) groups is 1. The molecule has 0 unspecified atom stereocenters. The Bertz CT molecular complexity index is 143. The standard InChI is InChI=1S/C8H20N4O/c1-4-10-8(7(9)13,11-5-2)12-6-3/h10-12H,4-6H2,1-3H3,(H2,9,13). The molecule has 0 aromatic rings. The van der Waals surface area contributed by atoms with E-state index in [0.29, 0.717) is 19.6 Å². The molecule has 0 aromatic carbocycles. The zero-order valence-electron chi connectivity index (χ0n) is 8.61. The van der Waals surface area contributed by atoms with Gasteiger partial charge in [-0.1, -0.05) is 20.8 Å². The highest BCUT2D eigenvalue weighted by molar-refractivity contribution is 5.83. The van der Waals surface area contributed by atoms with Gasteiger partial charge in [-0.15, -0.1) is 0 Å². The number of likely N-dealkylation sites (N-methyl/N-ethyl adjacent to an activating group) is 3. The van der Waals surface area contributed by atoms with Crippen LogP contribution >= 0.6 is 0 Å². The summed E-state index contributed by atoms with van der Waals surface area (Å²) in [6.07, 6.45) is 0. The van der Waals surface area contributed by atoms with E-state index in [0.717, 1.165) is 0 Å². The topological polar surface area (TPSA) is 79.2 Å². The van der Waals surface area contributed by atoms with E-state index in [4.69, 9.17) is 5.73 Å². The van der Waals surface area contributed by atoms with Crippen LogP contribution in [0.15, 0.2) is 0 Å². The van der Waals surface area contributed by atoms with E-state index in [1.165, 1.54) is 0 Å². The Hall–Kier alpha value is -0.650.